The van der Waals surface area contributed by atoms with Crippen LogP contribution < -0.4 is 5.73 Å². The SMILES string of the molecule is CN(Cc1ccc(Cl)s1)C(=O)c1cc(N)nc(Cl)c1. The van der Waals surface area contributed by atoms with Gasteiger partial charge in [0, 0.05) is 17.5 Å². The third kappa shape index (κ3) is 3.59. The number of anilines is 1. The molecule has 0 bridgehead atoms. The Morgan fingerprint density at radius 1 is 1.42 bits per heavy atom. The van der Waals surface area contributed by atoms with Crippen LogP contribution in [0.5, 0.6) is 0 Å². The Kier molecular flexibility index (Phi) is 4.29. The summed E-state index contributed by atoms with van der Waals surface area (Å²) in [6, 6.07) is 6.70. The fourth-order valence-electron chi connectivity index (χ4n) is 1.60. The Bertz CT molecular complexity index is 595. The van der Waals surface area contributed by atoms with Gasteiger partial charge < -0.3 is 10.6 Å². The highest BCUT2D eigenvalue weighted by Crippen LogP contribution is 2.23. The van der Waals surface area contributed by atoms with Gasteiger partial charge in [-0.15, -0.1) is 11.3 Å². The molecule has 0 saturated heterocycles. The topological polar surface area (TPSA) is 59.2 Å². The lowest BCUT2D eigenvalue weighted by molar-refractivity contribution is 0.0786. The lowest BCUT2D eigenvalue weighted by atomic mass is 10.2. The van der Waals surface area contributed by atoms with Crippen LogP contribution in [0.25, 0.3) is 0 Å². The summed E-state index contributed by atoms with van der Waals surface area (Å²) in [6.07, 6.45) is 0. The van der Waals surface area contributed by atoms with Gasteiger partial charge in [-0.2, -0.15) is 0 Å². The highest BCUT2D eigenvalue weighted by molar-refractivity contribution is 7.16. The number of nitrogens with two attached hydrogens (primary N) is 1. The second-order valence-electron chi connectivity index (χ2n) is 3.97. The van der Waals surface area contributed by atoms with E-state index in [1.807, 2.05) is 6.07 Å². The minimum absolute atomic E-state index is 0.166. The molecule has 2 aromatic rings. The van der Waals surface area contributed by atoms with Crippen LogP contribution in [0, 0.1) is 0 Å². The molecule has 0 aliphatic carbocycles. The van der Waals surface area contributed by atoms with Gasteiger partial charge in [0.2, 0.25) is 0 Å². The molecule has 2 rings (SSSR count). The maximum atomic E-state index is 12.2. The maximum Gasteiger partial charge on any atom is 0.254 e. The molecular weight excluding hydrogens is 305 g/mol. The second-order valence-corrected chi connectivity index (χ2v) is 6.16. The highest BCUT2D eigenvalue weighted by Gasteiger charge is 2.14. The molecule has 0 unspecified atom stereocenters. The molecule has 0 spiro atoms. The smallest absolute Gasteiger partial charge is 0.254 e. The van der Waals surface area contributed by atoms with Crippen molar-refractivity contribution >= 4 is 46.3 Å². The zero-order chi connectivity index (χ0) is 14.0. The van der Waals surface area contributed by atoms with Crippen LogP contribution in [0.4, 0.5) is 5.82 Å². The molecule has 7 heteroatoms. The van der Waals surface area contributed by atoms with Crippen LogP contribution >= 0.6 is 34.5 Å². The van der Waals surface area contributed by atoms with Crippen molar-refractivity contribution in [2.75, 3.05) is 12.8 Å². The molecule has 19 heavy (non-hydrogen) atoms. The van der Waals surface area contributed by atoms with Gasteiger partial charge in [0.25, 0.3) is 5.91 Å². The molecule has 0 saturated carbocycles. The minimum atomic E-state index is -0.166. The molecule has 2 heterocycles. The third-order valence-electron chi connectivity index (χ3n) is 2.43. The standard InChI is InChI=1S/C12H11Cl2N3OS/c1-17(6-8-2-3-10(14)19-8)12(18)7-4-9(13)16-11(15)5-7/h2-5H,6H2,1H3,(H2,15,16). The monoisotopic (exact) mass is 315 g/mol. The van der Waals surface area contributed by atoms with Crippen LogP contribution in [-0.4, -0.2) is 22.8 Å². The van der Waals surface area contributed by atoms with E-state index in [9.17, 15) is 4.79 Å². The number of pyridine rings is 1. The molecule has 0 aliphatic heterocycles. The number of hydrogen-bond acceptors (Lipinski definition) is 4. The molecule has 100 valence electrons. The first-order valence-electron chi connectivity index (χ1n) is 5.38. The van der Waals surface area contributed by atoms with Crippen molar-refractivity contribution in [1.82, 2.24) is 9.88 Å². The van der Waals surface area contributed by atoms with Gasteiger partial charge >= 0.3 is 0 Å². The van der Waals surface area contributed by atoms with Gasteiger partial charge in [-0.1, -0.05) is 23.2 Å². The number of rotatable bonds is 3. The van der Waals surface area contributed by atoms with E-state index in [1.165, 1.54) is 23.5 Å². The van der Waals surface area contributed by atoms with Crippen LogP contribution in [0.3, 0.4) is 0 Å². The van der Waals surface area contributed by atoms with E-state index in [0.29, 0.717) is 16.4 Å². The second kappa shape index (κ2) is 5.77. The average Bonchev–Trinajstić information content (AvgIpc) is 2.72. The van der Waals surface area contributed by atoms with E-state index in [2.05, 4.69) is 4.98 Å². The molecule has 0 aromatic carbocycles. The van der Waals surface area contributed by atoms with Gasteiger partial charge in [-0.25, -0.2) is 4.98 Å². The van der Waals surface area contributed by atoms with Gasteiger partial charge in [-0.05, 0) is 24.3 Å². The van der Waals surface area contributed by atoms with Gasteiger partial charge in [-0.3, -0.25) is 4.79 Å². The normalized spacial score (nSPS) is 10.5. The van der Waals surface area contributed by atoms with E-state index in [4.69, 9.17) is 28.9 Å². The predicted octanol–water partition coefficient (Wildman–Crippen LogP) is 3.30. The molecule has 0 radical (unpaired) electrons. The fraction of sp³-hybridized carbons (Fsp3) is 0.167. The van der Waals surface area contributed by atoms with Crippen LogP contribution in [0.15, 0.2) is 24.3 Å². The van der Waals surface area contributed by atoms with Gasteiger partial charge in [0.05, 0.1) is 10.9 Å². The Balaban J connectivity index is 2.14. The number of aromatic nitrogens is 1. The fourth-order valence-corrected chi connectivity index (χ4v) is 2.96. The summed E-state index contributed by atoms with van der Waals surface area (Å²) < 4.78 is 0.701. The summed E-state index contributed by atoms with van der Waals surface area (Å²) in [6.45, 7) is 0.482. The Labute approximate surface area is 124 Å². The number of nitrogen functional groups attached to an aromatic ring is 1. The summed E-state index contributed by atoms with van der Waals surface area (Å²) in [5.41, 5.74) is 5.99. The molecule has 1 amide bonds. The number of carbonyl (C=O) groups is 1. The number of thiophene rings is 1. The average molecular weight is 316 g/mol. The number of halogens is 2. The summed E-state index contributed by atoms with van der Waals surface area (Å²) in [5, 5.41) is 0.205. The number of hydrogen-bond donors (Lipinski definition) is 1. The Morgan fingerprint density at radius 2 is 2.16 bits per heavy atom. The molecule has 4 nitrogen and oxygen atoms in total. The Hall–Kier alpha value is -1.30. The van der Waals surface area contributed by atoms with Crippen molar-refractivity contribution in [3.8, 4) is 0 Å². The highest BCUT2D eigenvalue weighted by atomic mass is 35.5. The van der Waals surface area contributed by atoms with E-state index in [0.717, 1.165) is 4.88 Å². The molecule has 2 aromatic heterocycles. The quantitative estimate of drug-likeness (QED) is 0.884. The summed E-state index contributed by atoms with van der Waals surface area (Å²) >= 11 is 13.1. The van der Waals surface area contributed by atoms with Crippen molar-refractivity contribution in [2.24, 2.45) is 0 Å². The van der Waals surface area contributed by atoms with Crippen LogP contribution in [-0.2, 0) is 6.54 Å². The largest absolute Gasteiger partial charge is 0.384 e. The lowest BCUT2D eigenvalue weighted by Gasteiger charge is -2.16. The summed E-state index contributed by atoms with van der Waals surface area (Å²) in [7, 11) is 1.71. The van der Waals surface area contributed by atoms with Crippen molar-refractivity contribution < 1.29 is 4.79 Å². The molecule has 0 fully saturated rings. The van der Waals surface area contributed by atoms with Gasteiger partial charge in [0.1, 0.15) is 11.0 Å². The van der Waals surface area contributed by atoms with E-state index >= 15 is 0 Å². The summed E-state index contributed by atoms with van der Waals surface area (Å²) in [5.74, 6) is 0.0592. The summed E-state index contributed by atoms with van der Waals surface area (Å²) in [4.78, 5) is 18.6. The predicted molar refractivity (Wildman–Crippen MR) is 78.8 cm³/mol. The number of amides is 1. The van der Waals surface area contributed by atoms with Crippen LogP contribution in [0.2, 0.25) is 9.49 Å². The third-order valence-corrected chi connectivity index (χ3v) is 3.84. The molecule has 2 N–H and O–H groups in total. The first-order chi connectivity index (χ1) is 8.95. The zero-order valence-corrected chi connectivity index (χ0v) is 12.4. The van der Waals surface area contributed by atoms with Crippen LogP contribution in [0.1, 0.15) is 15.2 Å². The van der Waals surface area contributed by atoms with Crippen molar-refractivity contribution in [3.63, 3.8) is 0 Å². The number of nitrogens with zero attached hydrogens (tertiary/aromatic N) is 2. The maximum absolute atomic E-state index is 12.2. The molecule has 0 aliphatic rings. The van der Waals surface area contributed by atoms with Crippen molar-refractivity contribution in [3.05, 3.63) is 44.2 Å². The first-order valence-corrected chi connectivity index (χ1v) is 6.95. The molecular formula is C12H11Cl2N3OS. The van der Waals surface area contributed by atoms with Crippen molar-refractivity contribution in [1.29, 1.82) is 0 Å². The van der Waals surface area contributed by atoms with E-state index in [-0.39, 0.29) is 16.9 Å². The van der Waals surface area contributed by atoms with E-state index < -0.39 is 0 Å². The first kappa shape index (κ1) is 14.1. The zero-order valence-electron chi connectivity index (χ0n) is 10.1. The Morgan fingerprint density at radius 3 is 2.74 bits per heavy atom. The lowest BCUT2D eigenvalue weighted by Crippen LogP contribution is -2.26. The minimum Gasteiger partial charge on any atom is -0.384 e. The number of carbonyl (C=O) groups excluding carboxylic acids is 1. The van der Waals surface area contributed by atoms with Gasteiger partial charge in [0.15, 0.2) is 0 Å². The van der Waals surface area contributed by atoms with Crippen molar-refractivity contribution in [2.45, 2.75) is 6.54 Å². The van der Waals surface area contributed by atoms with E-state index in [1.54, 1.807) is 18.0 Å². The molecule has 0 atom stereocenters.